The summed E-state index contributed by atoms with van der Waals surface area (Å²) < 4.78 is 0. The Labute approximate surface area is 168 Å². The van der Waals surface area contributed by atoms with Gasteiger partial charge in [-0.1, -0.05) is 60.7 Å². The van der Waals surface area contributed by atoms with Crippen molar-refractivity contribution >= 4 is 12.1 Å². The maximum atomic E-state index is 13.1. The maximum absolute atomic E-state index is 13.1. The zero-order chi connectivity index (χ0) is 20.8. The van der Waals surface area contributed by atoms with E-state index in [4.69, 9.17) is 0 Å². The number of rotatable bonds is 4. The van der Waals surface area contributed by atoms with Gasteiger partial charge in [0.15, 0.2) is 0 Å². The van der Waals surface area contributed by atoms with Gasteiger partial charge >= 0.3 is 0 Å². The molecule has 4 rings (SSSR count). The third-order valence-corrected chi connectivity index (χ3v) is 7.21. The normalized spacial score (nSPS) is 36.4. The molecule has 0 aliphatic heterocycles. The summed E-state index contributed by atoms with van der Waals surface area (Å²) >= 11 is 0. The van der Waals surface area contributed by atoms with Gasteiger partial charge in [-0.05, 0) is 24.5 Å². The molecule has 0 radical (unpaired) electrons. The number of aldehydes is 1. The molecule has 6 atom stereocenters. The topological polar surface area (TPSA) is 97.5 Å². The van der Waals surface area contributed by atoms with Crippen LogP contribution in [0.4, 0.5) is 0 Å². The average Bonchev–Trinajstić information content (AvgIpc) is 2.97. The van der Waals surface area contributed by atoms with Crippen molar-refractivity contribution < 1.29 is 19.6 Å². The summed E-state index contributed by atoms with van der Waals surface area (Å²) in [4.78, 5) is 37.4. The van der Waals surface area contributed by atoms with Gasteiger partial charge in [0.05, 0.1) is 28.8 Å². The summed E-state index contributed by atoms with van der Waals surface area (Å²) in [5.74, 6) is -2.95. The number of ketones is 1. The largest absolute Gasteiger partial charge is 0.388 e. The summed E-state index contributed by atoms with van der Waals surface area (Å²) in [6.45, 7) is 1.61. The number of fused-ring (bicyclic) bond motifs is 1. The van der Waals surface area contributed by atoms with Crippen molar-refractivity contribution in [2.24, 2.45) is 11.3 Å². The second kappa shape index (κ2) is 6.88. The molecule has 29 heavy (non-hydrogen) atoms. The average molecular weight is 393 g/mol. The fraction of sp³-hybridized carbons (Fsp3) is 0.391. The Morgan fingerprint density at radius 2 is 1.62 bits per heavy atom. The lowest BCUT2D eigenvalue weighted by Crippen LogP contribution is -2.65. The first-order valence-corrected chi connectivity index (χ1v) is 9.80. The van der Waals surface area contributed by atoms with Gasteiger partial charge in [0.2, 0.25) is 6.04 Å². The van der Waals surface area contributed by atoms with Crippen LogP contribution in [0.2, 0.25) is 0 Å². The van der Waals surface area contributed by atoms with Crippen LogP contribution in [-0.4, -0.2) is 33.7 Å². The van der Waals surface area contributed by atoms with E-state index in [1.54, 1.807) is 67.6 Å². The van der Waals surface area contributed by atoms with Crippen LogP contribution in [-0.2, 0) is 9.59 Å². The smallest absolute Gasteiger partial charge is 0.228 e. The van der Waals surface area contributed by atoms with E-state index in [-0.39, 0.29) is 23.5 Å². The minimum absolute atomic E-state index is 0.104. The summed E-state index contributed by atoms with van der Waals surface area (Å²) in [5.41, 5.74) is -1.79. The molecule has 2 aliphatic carbocycles. The number of hydrogen-bond donors (Lipinski definition) is 1. The van der Waals surface area contributed by atoms with Crippen LogP contribution in [0.3, 0.4) is 0 Å². The Morgan fingerprint density at radius 3 is 2.14 bits per heavy atom. The first-order valence-electron chi connectivity index (χ1n) is 9.80. The molecule has 0 bridgehead atoms. The second-order valence-electron chi connectivity index (χ2n) is 8.31. The third kappa shape index (κ3) is 2.59. The predicted octanol–water partition coefficient (Wildman–Crippen LogP) is 3.13. The first kappa shape index (κ1) is 19.5. The van der Waals surface area contributed by atoms with E-state index in [1.165, 1.54) is 0 Å². The maximum Gasteiger partial charge on any atom is 0.228 e. The molecule has 1 N–H and O–H groups in total. The van der Waals surface area contributed by atoms with E-state index in [0.29, 0.717) is 17.4 Å². The van der Waals surface area contributed by atoms with Gasteiger partial charge in [0, 0.05) is 11.3 Å². The molecule has 0 amide bonds. The molecule has 2 aliphatic rings. The van der Waals surface area contributed by atoms with Crippen LogP contribution in [0.25, 0.3) is 0 Å². The highest BCUT2D eigenvalue weighted by atomic mass is 16.6. The minimum atomic E-state index is -1.64. The quantitative estimate of drug-likeness (QED) is 0.489. The molecular formula is C23H23NO5. The Morgan fingerprint density at radius 1 is 1.07 bits per heavy atom. The van der Waals surface area contributed by atoms with Gasteiger partial charge in [-0.3, -0.25) is 14.9 Å². The monoisotopic (exact) mass is 393 g/mol. The van der Waals surface area contributed by atoms with Crippen molar-refractivity contribution in [1.29, 1.82) is 0 Å². The van der Waals surface area contributed by atoms with E-state index in [9.17, 15) is 24.8 Å². The molecule has 150 valence electrons. The lowest BCUT2D eigenvalue weighted by Gasteiger charge is -2.54. The van der Waals surface area contributed by atoms with E-state index in [1.807, 2.05) is 0 Å². The van der Waals surface area contributed by atoms with Gasteiger partial charge in [-0.2, -0.15) is 0 Å². The summed E-state index contributed by atoms with van der Waals surface area (Å²) in [5, 5.41) is 24.2. The standard InChI is InChI=1S/C23H23NO5/c1-22-18(26)12-13-23(22,27)17(14-25)19(15-8-4-2-5-9-15)21(24(28)29)20(22)16-10-6-3-7-11-16/h2-11,14,17,19-21,27H,12-13H2,1H3/t17-,19-,20+,21+,22-,23-/m0/s1. The highest BCUT2D eigenvalue weighted by Gasteiger charge is 2.73. The number of hydrogen-bond acceptors (Lipinski definition) is 5. The Kier molecular flexibility index (Phi) is 4.62. The highest BCUT2D eigenvalue weighted by molar-refractivity contribution is 5.91. The van der Waals surface area contributed by atoms with Gasteiger partial charge in [0.1, 0.15) is 12.1 Å². The van der Waals surface area contributed by atoms with Crippen molar-refractivity contribution in [3.63, 3.8) is 0 Å². The first-order chi connectivity index (χ1) is 13.9. The number of nitrogens with zero attached hydrogens (tertiary/aromatic N) is 1. The van der Waals surface area contributed by atoms with Crippen LogP contribution in [0, 0.1) is 21.4 Å². The number of carbonyl (C=O) groups excluding carboxylic acids is 2. The van der Waals surface area contributed by atoms with Crippen LogP contribution in [0.5, 0.6) is 0 Å². The lowest BCUT2D eigenvalue weighted by atomic mass is 9.49. The van der Waals surface area contributed by atoms with Gasteiger partial charge < -0.3 is 9.90 Å². The number of nitro groups is 1. The second-order valence-corrected chi connectivity index (χ2v) is 8.31. The number of aliphatic hydroxyl groups is 1. The van der Waals surface area contributed by atoms with Crippen LogP contribution >= 0.6 is 0 Å². The minimum Gasteiger partial charge on any atom is -0.388 e. The van der Waals surface area contributed by atoms with Crippen molar-refractivity contribution in [3.8, 4) is 0 Å². The van der Waals surface area contributed by atoms with Gasteiger partial charge in [0.25, 0.3) is 0 Å². The molecule has 2 aromatic rings. The molecule has 2 fully saturated rings. The molecule has 0 heterocycles. The summed E-state index contributed by atoms with van der Waals surface area (Å²) in [6.07, 6.45) is 0.849. The van der Waals surface area contributed by atoms with Crippen LogP contribution in [0.1, 0.15) is 42.7 Å². The Bertz CT molecular complexity index is 946. The Balaban J connectivity index is 2.03. The SMILES string of the molecule is C[C@@]12C(=O)CC[C@]1(O)[C@@H](C=O)[C@H](c1ccccc1)[C@@H]([N+](=O)[O-])[C@H]2c1ccccc1. The van der Waals surface area contributed by atoms with Gasteiger partial charge in [-0.15, -0.1) is 0 Å². The Hall–Kier alpha value is -2.86. The van der Waals surface area contributed by atoms with Crippen molar-refractivity contribution in [1.82, 2.24) is 0 Å². The van der Waals surface area contributed by atoms with E-state index < -0.39 is 34.8 Å². The summed E-state index contributed by atoms with van der Waals surface area (Å²) in [6, 6.07) is 16.5. The zero-order valence-electron chi connectivity index (χ0n) is 16.1. The number of benzene rings is 2. The molecule has 2 saturated carbocycles. The van der Waals surface area contributed by atoms with E-state index in [2.05, 4.69) is 0 Å². The fourth-order valence-corrected chi connectivity index (χ4v) is 5.80. The van der Waals surface area contributed by atoms with E-state index >= 15 is 0 Å². The molecule has 0 spiro atoms. The van der Waals surface area contributed by atoms with Crippen LogP contribution in [0.15, 0.2) is 60.7 Å². The van der Waals surface area contributed by atoms with Crippen molar-refractivity contribution in [3.05, 3.63) is 81.9 Å². The van der Waals surface area contributed by atoms with Crippen molar-refractivity contribution in [2.75, 3.05) is 0 Å². The molecule has 0 saturated heterocycles. The molecule has 6 nitrogen and oxygen atoms in total. The summed E-state index contributed by atoms with van der Waals surface area (Å²) in [7, 11) is 0. The molecular weight excluding hydrogens is 370 g/mol. The zero-order valence-corrected chi connectivity index (χ0v) is 16.1. The lowest BCUT2D eigenvalue weighted by molar-refractivity contribution is -0.542. The molecule has 2 aromatic carbocycles. The number of carbonyl (C=O) groups is 2. The molecule has 6 heteroatoms. The third-order valence-electron chi connectivity index (χ3n) is 7.21. The highest BCUT2D eigenvalue weighted by Crippen LogP contribution is 2.64. The van der Waals surface area contributed by atoms with Crippen LogP contribution < -0.4 is 0 Å². The fourth-order valence-electron chi connectivity index (χ4n) is 5.80. The molecule has 0 unspecified atom stereocenters. The van der Waals surface area contributed by atoms with Gasteiger partial charge in [-0.25, -0.2) is 0 Å². The predicted molar refractivity (Wildman–Crippen MR) is 106 cm³/mol. The molecule has 0 aromatic heterocycles. The van der Waals surface area contributed by atoms with Crippen molar-refractivity contribution in [2.45, 2.75) is 43.2 Å². The number of Topliss-reactive ketones (excluding diaryl/α,β-unsaturated/α-hetero) is 1. The van der Waals surface area contributed by atoms with E-state index in [0.717, 1.165) is 0 Å².